The van der Waals surface area contributed by atoms with Crippen molar-refractivity contribution in [1.82, 2.24) is 9.97 Å². The quantitative estimate of drug-likeness (QED) is 0.456. The Labute approximate surface area is 172 Å². The normalized spacial score (nSPS) is 10.8. The summed E-state index contributed by atoms with van der Waals surface area (Å²) in [5.41, 5.74) is 8.59. The van der Waals surface area contributed by atoms with Gasteiger partial charge < -0.3 is 20.6 Å². The number of benzene rings is 3. The van der Waals surface area contributed by atoms with E-state index in [9.17, 15) is 14.7 Å². The highest BCUT2D eigenvalue weighted by atomic mass is 16.5. The van der Waals surface area contributed by atoms with Crippen LogP contribution in [0.5, 0.6) is 5.75 Å². The zero-order chi connectivity index (χ0) is 21.3. The SMILES string of the molecule is COc1ccc(-c2nc3c(C(N)=O)c(Cc4ccccc4)c(C(=O)O)cc3[nH]2)cc1. The summed E-state index contributed by atoms with van der Waals surface area (Å²) in [6.45, 7) is 0. The number of primary amides is 1. The highest BCUT2D eigenvalue weighted by molar-refractivity contribution is 6.09. The number of carbonyl (C=O) groups is 2. The Hall–Kier alpha value is -4.13. The minimum atomic E-state index is -1.13. The molecule has 150 valence electrons. The Morgan fingerprint density at radius 3 is 2.40 bits per heavy atom. The standard InChI is InChI=1S/C23H19N3O4/c1-30-15-9-7-14(8-10-15)22-25-18-12-17(23(28)29)16(11-13-5-3-2-4-6-13)19(21(24)27)20(18)26-22/h2-10,12H,11H2,1H3,(H2,24,27)(H,25,26)(H,28,29). The lowest BCUT2D eigenvalue weighted by Gasteiger charge is -2.11. The monoisotopic (exact) mass is 401 g/mol. The van der Waals surface area contributed by atoms with Crippen LogP contribution in [-0.4, -0.2) is 34.1 Å². The lowest BCUT2D eigenvalue weighted by Crippen LogP contribution is -2.18. The van der Waals surface area contributed by atoms with Crippen LogP contribution in [0.2, 0.25) is 0 Å². The highest BCUT2D eigenvalue weighted by Crippen LogP contribution is 2.30. The Bertz CT molecular complexity index is 1250. The van der Waals surface area contributed by atoms with Gasteiger partial charge in [0.15, 0.2) is 0 Å². The Balaban J connectivity index is 1.93. The fraction of sp³-hybridized carbons (Fsp3) is 0.0870. The molecular weight excluding hydrogens is 382 g/mol. The van der Waals surface area contributed by atoms with Crippen molar-refractivity contribution >= 4 is 22.9 Å². The molecule has 0 saturated heterocycles. The molecule has 3 aromatic carbocycles. The van der Waals surface area contributed by atoms with E-state index in [0.717, 1.165) is 11.1 Å². The van der Waals surface area contributed by atoms with Gasteiger partial charge in [-0.05, 0) is 47.9 Å². The summed E-state index contributed by atoms with van der Waals surface area (Å²) >= 11 is 0. The average Bonchev–Trinajstić information content (AvgIpc) is 3.17. The molecule has 0 aliphatic heterocycles. The van der Waals surface area contributed by atoms with Crippen molar-refractivity contribution in [3.05, 3.63) is 82.9 Å². The molecule has 4 N–H and O–H groups in total. The smallest absolute Gasteiger partial charge is 0.336 e. The number of aromatic amines is 1. The lowest BCUT2D eigenvalue weighted by atomic mass is 9.93. The molecule has 1 heterocycles. The van der Waals surface area contributed by atoms with Gasteiger partial charge in [0.1, 0.15) is 17.1 Å². The van der Waals surface area contributed by atoms with Crippen LogP contribution in [0.3, 0.4) is 0 Å². The largest absolute Gasteiger partial charge is 0.497 e. The first-order valence-corrected chi connectivity index (χ1v) is 9.25. The van der Waals surface area contributed by atoms with E-state index in [1.165, 1.54) is 6.07 Å². The van der Waals surface area contributed by atoms with Crippen LogP contribution >= 0.6 is 0 Å². The van der Waals surface area contributed by atoms with Crippen molar-refractivity contribution in [1.29, 1.82) is 0 Å². The maximum Gasteiger partial charge on any atom is 0.336 e. The molecule has 7 nitrogen and oxygen atoms in total. The summed E-state index contributed by atoms with van der Waals surface area (Å²) < 4.78 is 5.17. The first-order chi connectivity index (χ1) is 14.5. The molecule has 0 spiro atoms. The van der Waals surface area contributed by atoms with Crippen molar-refractivity contribution in [2.45, 2.75) is 6.42 Å². The fourth-order valence-electron chi connectivity index (χ4n) is 3.52. The van der Waals surface area contributed by atoms with Gasteiger partial charge in [-0.15, -0.1) is 0 Å². The number of nitrogens with two attached hydrogens (primary N) is 1. The number of ether oxygens (including phenoxy) is 1. The summed E-state index contributed by atoms with van der Waals surface area (Å²) in [4.78, 5) is 32.0. The van der Waals surface area contributed by atoms with E-state index in [-0.39, 0.29) is 17.5 Å². The molecule has 0 unspecified atom stereocenters. The third-order valence-corrected chi connectivity index (χ3v) is 4.95. The van der Waals surface area contributed by atoms with Gasteiger partial charge in [-0.2, -0.15) is 0 Å². The van der Waals surface area contributed by atoms with Crippen LogP contribution in [0.25, 0.3) is 22.4 Å². The first-order valence-electron chi connectivity index (χ1n) is 9.25. The molecule has 30 heavy (non-hydrogen) atoms. The van der Waals surface area contributed by atoms with Gasteiger partial charge in [-0.1, -0.05) is 30.3 Å². The predicted molar refractivity (Wildman–Crippen MR) is 113 cm³/mol. The number of nitrogens with zero attached hydrogens (tertiary/aromatic N) is 1. The van der Waals surface area contributed by atoms with Gasteiger partial charge in [0.05, 0.1) is 23.8 Å². The van der Waals surface area contributed by atoms with Crippen molar-refractivity contribution in [2.24, 2.45) is 5.73 Å². The summed E-state index contributed by atoms with van der Waals surface area (Å²) in [6, 6.07) is 18.1. The minimum absolute atomic E-state index is 0.0186. The lowest BCUT2D eigenvalue weighted by molar-refractivity contribution is 0.0696. The summed E-state index contributed by atoms with van der Waals surface area (Å²) in [6.07, 6.45) is 0.251. The number of amides is 1. The van der Waals surface area contributed by atoms with Gasteiger partial charge in [0.25, 0.3) is 5.91 Å². The van der Waals surface area contributed by atoms with Crippen molar-refractivity contribution in [2.75, 3.05) is 7.11 Å². The summed E-state index contributed by atoms with van der Waals surface area (Å²) in [5, 5.41) is 9.79. The van der Waals surface area contributed by atoms with Crippen LogP contribution in [0.15, 0.2) is 60.7 Å². The molecule has 0 aliphatic carbocycles. The van der Waals surface area contributed by atoms with Crippen LogP contribution in [0.4, 0.5) is 0 Å². The van der Waals surface area contributed by atoms with E-state index < -0.39 is 11.9 Å². The molecule has 0 aliphatic rings. The second kappa shape index (κ2) is 7.71. The molecule has 0 fully saturated rings. The van der Waals surface area contributed by atoms with Crippen LogP contribution in [0.1, 0.15) is 31.8 Å². The Morgan fingerprint density at radius 1 is 1.10 bits per heavy atom. The minimum Gasteiger partial charge on any atom is -0.497 e. The Morgan fingerprint density at radius 2 is 1.80 bits per heavy atom. The molecule has 4 rings (SSSR count). The number of carboxylic acid groups (broad SMARTS) is 1. The third-order valence-electron chi connectivity index (χ3n) is 4.95. The summed E-state index contributed by atoms with van der Waals surface area (Å²) in [5.74, 6) is -0.651. The number of aromatic carboxylic acids is 1. The molecule has 7 heteroatoms. The van der Waals surface area contributed by atoms with Gasteiger partial charge in [-0.25, -0.2) is 9.78 Å². The average molecular weight is 401 g/mol. The van der Waals surface area contributed by atoms with Crippen molar-refractivity contribution in [3.8, 4) is 17.1 Å². The molecule has 0 saturated carbocycles. The predicted octanol–water partition coefficient (Wildman–Crippen LogP) is 3.63. The van der Waals surface area contributed by atoms with Gasteiger partial charge in [-0.3, -0.25) is 4.79 Å². The number of imidazole rings is 1. The maximum atomic E-state index is 12.4. The Kier molecular flexibility index (Phi) is 4.93. The van der Waals surface area contributed by atoms with Gasteiger partial charge >= 0.3 is 5.97 Å². The number of methoxy groups -OCH3 is 1. The maximum absolute atomic E-state index is 12.4. The number of carboxylic acids is 1. The number of H-pyrrole nitrogens is 1. The number of rotatable bonds is 6. The summed E-state index contributed by atoms with van der Waals surface area (Å²) in [7, 11) is 1.58. The molecule has 0 radical (unpaired) electrons. The van der Waals surface area contributed by atoms with Gasteiger partial charge in [0.2, 0.25) is 0 Å². The zero-order valence-corrected chi connectivity index (χ0v) is 16.2. The van der Waals surface area contributed by atoms with E-state index in [2.05, 4.69) is 9.97 Å². The van der Waals surface area contributed by atoms with Crippen LogP contribution < -0.4 is 10.5 Å². The zero-order valence-electron chi connectivity index (χ0n) is 16.2. The van der Waals surface area contributed by atoms with Crippen molar-refractivity contribution < 1.29 is 19.4 Å². The second-order valence-corrected chi connectivity index (χ2v) is 6.82. The van der Waals surface area contributed by atoms with Crippen LogP contribution in [0, 0.1) is 0 Å². The number of nitrogens with one attached hydrogen (secondary N) is 1. The molecule has 1 aromatic heterocycles. The molecule has 0 atom stereocenters. The highest BCUT2D eigenvalue weighted by Gasteiger charge is 2.24. The third kappa shape index (κ3) is 3.48. The molecule has 4 aromatic rings. The van der Waals surface area contributed by atoms with Gasteiger partial charge in [0, 0.05) is 5.56 Å². The number of hydrogen-bond donors (Lipinski definition) is 3. The topological polar surface area (TPSA) is 118 Å². The van der Waals surface area contributed by atoms with E-state index >= 15 is 0 Å². The number of aromatic nitrogens is 2. The molecule has 0 bridgehead atoms. The van der Waals surface area contributed by atoms with Crippen molar-refractivity contribution in [3.63, 3.8) is 0 Å². The number of hydrogen-bond acceptors (Lipinski definition) is 4. The first kappa shape index (κ1) is 19.2. The number of fused-ring (bicyclic) bond motifs is 1. The van der Waals surface area contributed by atoms with Crippen LogP contribution in [-0.2, 0) is 6.42 Å². The van der Waals surface area contributed by atoms with E-state index in [1.54, 1.807) is 19.2 Å². The van der Waals surface area contributed by atoms with E-state index in [0.29, 0.717) is 28.2 Å². The molecule has 1 amide bonds. The number of carbonyl (C=O) groups excluding carboxylic acids is 1. The molecular formula is C23H19N3O4. The fourth-order valence-corrected chi connectivity index (χ4v) is 3.52. The second-order valence-electron chi connectivity index (χ2n) is 6.82. The van der Waals surface area contributed by atoms with E-state index in [1.807, 2.05) is 42.5 Å². The van der Waals surface area contributed by atoms with E-state index in [4.69, 9.17) is 10.5 Å².